The van der Waals surface area contributed by atoms with Crippen LogP contribution in [0.5, 0.6) is 0 Å². The Morgan fingerprint density at radius 1 is 0.913 bits per heavy atom. The minimum atomic E-state index is -0.616. The van der Waals surface area contributed by atoms with Gasteiger partial charge in [-0.1, -0.05) is 12.1 Å². The Hall–Kier alpha value is -1.84. The Morgan fingerprint density at radius 3 is 1.91 bits per heavy atom. The lowest BCUT2D eigenvalue weighted by Gasteiger charge is -2.57. The Kier molecular flexibility index (Phi) is 3.43. The topological polar surface area (TPSA) is 58.2 Å². The molecule has 2 N–H and O–H groups in total. The van der Waals surface area contributed by atoms with Crippen molar-refractivity contribution < 1.29 is 9.59 Å². The summed E-state index contributed by atoms with van der Waals surface area (Å²) in [6.45, 7) is 0. The molecule has 23 heavy (non-hydrogen) atoms. The molecule has 0 aromatic heterocycles. The molecule has 0 saturated heterocycles. The molecule has 5 rings (SSSR count). The van der Waals surface area contributed by atoms with Crippen LogP contribution in [0, 0.1) is 17.8 Å². The number of carbonyl (C=O) groups is 2. The summed E-state index contributed by atoms with van der Waals surface area (Å²) in [6, 6.07) is 8.20. The summed E-state index contributed by atoms with van der Waals surface area (Å²) in [5.74, 6) is 1.54. The average Bonchev–Trinajstić information content (AvgIpc) is 2.53. The summed E-state index contributed by atoms with van der Waals surface area (Å²) in [4.78, 5) is 22.9. The number of hydrogen-bond acceptors (Lipinski definition) is 2. The highest BCUT2D eigenvalue weighted by Gasteiger charge is 2.51. The zero-order valence-electron chi connectivity index (χ0n) is 13.6. The van der Waals surface area contributed by atoms with Gasteiger partial charge < -0.3 is 10.6 Å². The SMILES string of the molecule is CNC(=O)C(=O)Nc1ccc(C23CC4CC(CC(C4)C2)C3)cc1. The van der Waals surface area contributed by atoms with Crippen LogP contribution in [0.25, 0.3) is 0 Å². The second-order valence-corrected chi connectivity index (χ2v) is 7.81. The fourth-order valence-corrected chi connectivity index (χ4v) is 5.67. The van der Waals surface area contributed by atoms with Crippen molar-refractivity contribution in [3.8, 4) is 0 Å². The summed E-state index contributed by atoms with van der Waals surface area (Å²) in [7, 11) is 1.46. The van der Waals surface area contributed by atoms with Gasteiger partial charge in [0.1, 0.15) is 0 Å². The first-order valence-corrected chi connectivity index (χ1v) is 8.71. The van der Waals surface area contributed by atoms with Gasteiger partial charge in [0, 0.05) is 12.7 Å². The van der Waals surface area contributed by atoms with Gasteiger partial charge in [0.15, 0.2) is 0 Å². The lowest BCUT2D eigenvalue weighted by Crippen LogP contribution is -2.48. The molecule has 0 spiro atoms. The van der Waals surface area contributed by atoms with Crippen molar-refractivity contribution in [1.82, 2.24) is 5.32 Å². The molecule has 122 valence electrons. The molecule has 0 unspecified atom stereocenters. The lowest BCUT2D eigenvalue weighted by atomic mass is 9.48. The number of hydrogen-bond donors (Lipinski definition) is 2. The molecule has 0 heterocycles. The molecule has 4 aliphatic carbocycles. The summed E-state index contributed by atoms with van der Waals surface area (Å²) in [6.07, 6.45) is 8.34. The van der Waals surface area contributed by atoms with E-state index in [1.165, 1.54) is 51.1 Å². The lowest BCUT2D eigenvalue weighted by molar-refractivity contribution is -0.135. The normalized spacial score (nSPS) is 34.2. The van der Waals surface area contributed by atoms with E-state index in [1.54, 1.807) is 0 Å². The second kappa shape index (κ2) is 5.36. The molecule has 1 aromatic carbocycles. The summed E-state index contributed by atoms with van der Waals surface area (Å²) < 4.78 is 0. The Balaban J connectivity index is 1.52. The first-order chi connectivity index (χ1) is 11.1. The molecular formula is C19H24N2O2. The highest BCUT2D eigenvalue weighted by molar-refractivity contribution is 6.39. The number of anilines is 1. The molecular weight excluding hydrogens is 288 g/mol. The fraction of sp³-hybridized carbons (Fsp3) is 0.579. The second-order valence-electron chi connectivity index (χ2n) is 7.81. The largest absolute Gasteiger partial charge is 0.351 e. The van der Waals surface area contributed by atoms with Crippen molar-refractivity contribution in [1.29, 1.82) is 0 Å². The number of nitrogens with one attached hydrogen (secondary N) is 2. The van der Waals surface area contributed by atoms with Crippen LogP contribution in [0.2, 0.25) is 0 Å². The van der Waals surface area contributed by atoms with Crippen molar-refractivity contribution in [2.75, 3.05) is 12.4 Å². The van der Waals surface area contributed by atoms with Crippen LogP contribution in [0.15, 0.2) is 24.3 Å². The zero-order valence-corrected chi connectivity index (χ0v) is 13.6. The van der Waals surface area contributed by atoms with Gasteiger partial charge in [-0.3, -0.25) is 9.59 Å². The predicted octanol–water partition coefficient (Wildman–Crippen LogP) is 2.84. The van der Waals surface area contributed by atoms with E-state index in [2.05, 4.69) is 22.8 Å². The minimum absolute atomic E-state index is 0.373. The van der Waals surface area contributed by atoms with Gasteiger partial charge in [0.05, 0.1) is 0 Å². The third-order valence-corrected chi connectivity index (χ3v) is 6.23. The standard InChI is InChI=1S/C19H24N2O2/c1-20-17(22)18(23)21-16-4-2-15(3-5-16)19-9-12-6-13(10-19)8-14(7-12)11-19/h2-5,12-14H,6-11H2,1H3,(H,20,22)(H,21,23). The maximum atomic E-state index is 11.6. The van der Waals surface area contributed by atoms with Crippen LogP contribution in [-0.4, -0.2) is 18.9 Å². The van der Waals surface area contributed by atoms with Crippen LogP contribution in [0.1, 0.15) is 44.1 Å². The number of rotatable bonds is 2. The highest BCUT2D eigenvalue weighted by Crippen LogP contribution is 2.60. The predicted molar refractivity (Wildman–Crippen MR) is 89.0 cm³/mol. The molecule has 0 aliphatic heterocycles. The van der Waals surface area contributed by atoms with Crippen LogP contribution in [0.4, 0.5) is 5.69 Å². The van der Waals surface area contributed by atoms with E-state index in [-0.39, 0.29) is 0 Å². The third kappa shape index (κ3) is 2.54. The van der Waals surface area contributed by atoms with E-state index in [1.807, 2.05) is 12.1 Å². The van der Waals surface area contributed by atoms with Crippen LogP contribution >= 0.6 is 0 Å². The molecule has 4 aliphatic rings. The molecule has 1 aromatic rings. The van der Waals surface area contributed by atoms with Crippen molar-refractivity contribution in [3.05, 3.63) is 29.8 Å². The molecule has 4 fully saturated rings. The Bertz CT molecular complexity index is 600. The first kappa shape index (κ1) is 14.7. The van der Waals surface area contributed by atoms with E-state index in [0.29, 0.717) is 11.1 Å². The highest BCUT2D eigenvalue weighted by atomic mass is 16.2. The van der Waals surface area contributed by atoms with Gasteiger partial charge in [0.2, 0.25) is 0 Å². The van der Waals surface area contributed by atoms with Gasteiger partial charge in [-0.15, -0.1) is 0 Å². The number of benzene rings is 1. The van der Waals surface area contributed by atoms with E-state index >= 15 is 0 Å². The van der Waals surface area contributed by atoms with Crippen molar-refractivity contribution in [2.24, 2.45) is 17.8 Å². The van der Waals surface area contributed by atoms with Crippen molar-refractivity contribution in [2.45, 2.75) is 43.9 Å². The molecule has 4 saturated carbocycles. The first-order valence-electron chi connectivity index (χ1n) is 8.71. The molecule has 4 heteroatoms. The van der Waals surface area contributed by atoms with Crippen LogP contribution in [-0.2, 0) is 15.0 Å². The summed E-state index contributed by atoms with van der Waals surface area (Å²) >= 11 is 0. The summed E-state index contributed by atoms with van der Waals surface area (Å²) in [5, 5.41) is 4.98. The number of carbonyl (C=O) groups excluding carboxylic acids is 2. The van der Waals surface area contributed by atoms with E-state index in [4.69, 9.17) is 0 Å². The molecule has 0 radical (unpaired) electrons. The number of likely N-dealkylation sites (N-methyl/N-ethyl adjacent to an activating group) is 1. The Morgan fingerprint density at radius 2 is 1.43 bits per heavy atom. The third-order valence-electron chi connectivity index (χ3n) is 6.23. The van der Waals surface area contributed by atoms with Gasteiger partial charge in [0.25, 0.3) is 0 Å². The van der Waals surface area contributed by atoms with E-state index in [9.17, 15) is 9.59 Å². The van der Waals surface area contributed by atoms with Crippen molar-refractivity contribution in [3.63, 3.8) is 0 Å². The summed E-state index contributed by atoms with van der Waals surface area (Å²) in [5.41, 5.74) is 2.49. The molecule has 4 nitrogen and oxygen atoms in total. The van der Waals surface area contributed by atoms with E-state index < -0.39 is 11.8 Å². The quantitative estimate of drug-likeness (QED) is 0.825. The van der Waals surface area contributed by atoms with Gasteiger partial charge >= 0.3 is 11.8 Å². The van der Waals surface area contributed by atoms with Gasteiger partial charge in [-0.25, -0.2) is 0 Å². The average molecular weight is 312 g/mol. The van der Waals surface area contributed by atoms with Gasteiger partial charge in [-0.2, -0.15) is 0 Å². The smallest absolute Gasteiger partial charge is 0.313 e. The minimum Gasteiger partial charge on any atom is -0.351 e. The van der Waals surface area contributed by atoms with Gasteiger partial charge in [-0.05, 0) is 79.4 Å². The maximum Gasteiger partial charge on any atom is 0.313 e. The van der Waals surface area contributed by atoms with Crippen LogP contribution < -0.4 is 10.6 Å². The Labute approximate surface area is 137 Å². The van der Waals surface area contributed by atoms with E-state index in [0.717, 1.165) is 17.8 Å². The van der Waals surface area contributed by atoms with Crippen molar-refractivity contribution >= 4 is 17.5 Å². The monoisotopic (exact) mass is 312 g/mol. The number of amides is 2. The molecule has 4 bridgehead atoms. The zero-order chi connectivity index (χ0) is 16.0. The fourth-order valence-electron chi connectivity index (χ4n) is 5.67. The van der Waals surface area contributed by atoms with Crippen LogP contribution in [0.3, 0.4) is 0 Å². The molecule has 0 atom stereocenters. The molecule has 2 amide bonds. The maximum absolute atomic E-state index is 11.6.